The molecule has 2 nitrogen and oxygen atoms in total. The monoisotopic (exact) mass is 126 g/mol. The van der Waals surface area contributed by atoms with Crippen LogP contribution in [-0.2, 0) is 0 Å². The molecule has 2 N–H and O–H groups in total. The van der Waals surface area contributed by atoms with Crippen LogP contribution in [0.15, 0.2) is 24.3 Å². The molecule has 0 radical (unpaired) electrons. The summed E-state index contributed by atoms with van der Waals surface area (Å²) in [5, 5.41) is 18.0. The van der Waals surface area contributed by atoms with E-state index in [4.69, 9.17) is 10.2 Å². The van der Waals surface area contributed by atoms with Gasteiger partial charge in [0, 0.05) is 0 Å². The molecule has 0 saturated heterocycles. The van der Waals surface area contributed by atoms with Gasteiger partial charge in [0.05, 0.1) is 12.2 Å². The van der Waals surface area contributed by atoms with Gasteiger partial charge in [-0.1, -0.05) is 24.3 Å². The van der Waals surface area contributed by atoms with Gasteiger partial charge >= 0.3 is 0 Å². The Bertz CT molecular complexity index is 138. The Hall–Kier alpha value is -0.600. The molecule has 0 aliphatic heterocycles. The summed E-state index contributed by atoms with van der Waals surface area (Å²) in [7, 11) is 0. The molecule has 0 spiro atoms. The largest absolute Gasteiger partial charge is 0.390 e. The second-order valence-electron chi connectivity index (χ2n) is 2.11. The summed E-state index contributed by atoms with van der Waals surface area (Å²) in [4.78, 5) is 0. The average Bonchev–Trinajstić information content (AvgIpc) is 1.99. The molecule has 1 aliphatic carbocycles. The standard InChI is InChI=1S/C7H10O2/c8-6-4-2-1-3-5-7(6)9/h1-4,6-9H,5H2. The maximum atomic E-state index is 9.01. The Morgan fingerprint density at radius 1 is 1.22 bits per heavy atom. The molecule has 9 heavy (non-hydrogen) atoms. The topological polar surface area (TPSA) is 40.5 Å². The van der Waals surface area contributed by atoms with Crippen LogP contribution in [-0.4, -0.2) is 22.4 Å². The lowest BCUT2D eigenvalue weighted by Crippen LogP contribution is -2.21. The predicted octanol–water partition coefficient (Wildman–Crippen LogP) is 0.224. The van der Waals surface area contributed by atoms with Crippen LogP contribution in [0.4, 0.5) is 0 Å². The van der Waals surface area contributed by atoms with Gasteiger partial charge in [-0.3, -0.25) is 0 Å². The molecule has 0 fully saturated rings. The fraction of sp³-hybridized carbons (Fsp3) is 0.429. The number of allylic oxidation sites excluding steroid dienone is 2. The molecule has 50 valence electrons. The summed E-state index contributed by atoms with van der Waals surface area (Å²) in [6.45, 7) is 0. The van der Waals surface area contributed by atoms with Gasteiger partial charge in [-0.2, -0.15) is 0 Å². The van der Waals surface area contributed by atoms with Crippen molar-refractivity contribution in [3.63, 3.8) is 0 Å². The van der Waals surface area contributed by atoms with Gasteiger partial charge in [-0.05, 0) is 6.42 Å². The Balaban J connectivity index is 2.58. The number of rotatable bonds is 0. The molecule has 2 unspecified atom stereocenters. The number of aliphatic hydroxyl groups is 2. The van der Waals surface area contributed by atoms with E-state index in [0.29, 0.717) is 6.42 Å². The highest BCUT2D eigenvalue weighted by molar-refractivity contribution is 5.10. The number of hydrogen-bond donors (Lipinski definition) is 2. The van der Waals surface area contributed by atoms with E-state index in [1.165, 1.54) is 0 Å². The van der Waals surface area contributed by atoms with E-state index in [1.807, 2.05) is 12.2 Å². The van der Waals surface area contributed by atoms with Gasteiger partial charge in [-0.25, -0.2) is 0 Å². The van der Waals surface area contributed by atoms with Crippen LogP contribution < -0.4 is 0 Å². The van der Waals surface area contributed by atoms with Gasteiger partial charge in [0.1, 0.15) is 0 Å². The first-order valence-corrected chi connectivity index (χ1v) is 3.00. The van der Waals surface area contributed by atoms with E-state index in [2.05, 4.69) is 0 Å². The summed E-state index contributed by atoms with van der Waals surface area (Å²) in [5.74, 6) is 0. The van der Waals surface area contributed by atoms with Crippen LogP contribution in [0.5, 0.6) is 0 Å². The molecule has 2 heteroatoms. The fourth-order valence-electron chi connectivity index (χ4n) is 0.742. The van der Waals surface area contributed by atoms with Gasteiger partial charge in [0.2, 0.25) is 0 Å². The van der Waals surface area contributed by atoms with Gasteiger partial charge in [0.25, 0.3) is 0 Å². The van der Waals surface area contributed by atoms with Gasteiger partial charge in [-0.15, -0.1) is 0 Å². The highest BCUT2D eigenvalue weighted by atomic mass is 16.3. The minimum absolute atomic E-state index is 0.536. The maximum Gasteiger partial charge on any atom is 0.0986 e. The van der Waals surface area contributed by atoms with Crippen molar-refractivity contribution in [1.29, 1.82) is 0 Å². The molecular formula is C7H10O2. The maximum absolute atomic E-state index is 9.01. The smallest absolute Gasteiger partial charge is 0.0986 e. The number of aliphatic hydroxyl groups excluding tert-OH is 2. The number of hydrogen-bond acceptors (Lipinski definition) is 2. The minimum Gasteiger partial charge on any atom is -0.390 e. The van der Waals surface area contributed by atoms with Crippen LogP contribution in [0, 0.1) is 0 Å². The van der Waals surface area contributed by atoms with Crippen molar-refractivity contribution in [2.24, 2.45) is 0 Å². The van der Waals surface area contributed by atoms with Crippen molar-refractivity contribution < 1.29 is 10.2 Å². The third-order valence-corrected chi connectivity index (χ3v) is 1.33. The first kappa shape index (κ1) is 6.52. The third-order valence-electron chi connectivity index (χ3n) is 1.33. The molecule has 2 atom stereocenters. The van der Waals surface area contributed by atoms with Crippen molar-refractivity contribution in [1.82, 2.24) is 0 Å². The van der Waals surface area contributed by atoms with Gasteiger partial charge in [0.15, 0.2) is 0 Å². The van der Waals surface area contributed by atoms with Crippen molar-refractivity contribution in [2.45, 2.75) is 18.6 Å². The van der Waals surface area contributed by atoms with E-state index in [0.717, 1.165) is 0 Å². The lowest BCUT2D eigenvalue weighted by Gasteiger charge is -2.09. The minimum atomic E-state index is -0.694. The Kier molecular flexibility index (Phi) is 2.03. The molecule has 0 bridgehead atoms. The van der Waals surface area contributed by atoms with Crippen LogP contribution in [0.2, 0.25) is 0 Å². The molecule has 0 heterocycles. The zero-order valence-corrected chi connectivity index (χ0v) is 5.07. The van der Waals surface area contributed by atoms with E-state index >= 15 is 0 Å². The van der Waals surface area contributed by atoms with Crippen molar-refractivity contribution in [2.75, 3.05) is 0 Å². The second kappa shape index (κ2) is 2.80. The Morgan fingerprint density at radius 3 is 2.78 bits per heavy atom. The highest BCUT2D eigenvalue weighted by Gasteiger charge is 2.11. The zero-order valence-electron chi connectivity index (χ0n) is 5.07. The molecule has 1 rings (SSSR count). The summed E-state index contributed by atoms with van der Waals surface area (Å²) in [5.41, 5.74) is 0. The molecule has 0 aromatic carbocycles. The molecule has 0 aromatic rings. The molecule has 1 aliphatic rings. The second-order valence-corrected chi connectivity index (χ2v) is 2.11. The van der Waals surface area contributed by atoms with Crippen LogP contribution >= 0.6 is 0 Å². The normalized spacial score (nSPS) is 34.4. The first-order chi connectivity index (χ1) is 4.30. The molecule has 0 aromatic heterocycles. The van der Waals surface area contributed by atoms with Crippen LogP contribution in [0.1, 0.15) is 6.42 Å². The predicted molar refractivity (Wildman–Crippen MR) is 34.9 cm³/mol. The zero-order chi connectivity index (χ0) is 6.69. The average molecular weight is 126 g/mol. The van der Waals surface area contributed by atoms with E-state index in [1.54, 1.807) is 12.2 Å². The van der Waals surface area contributed by atoms with Crippen LogP contribution in [0.3, 0.4) is 0 Å². The van der Waals surface area contributed by atoms with Gasteiger partial charge < -0.3 is 10.2 Å². The lowest BCUT2D eigenvalue weighted by molar-refractivity contribution is 0.0518. The SMILES string of the molecule is OC1C=CC=CCC1O. The summed E-state index contributed by atoms with van der Waals surface area (Å²) in [6, 6.07) is 0. The molecule has 0 amide bonds. The first-order valence-electron chi connectivity index (χ1n) is 3.00. The van der Waals surface area contributed by atoms with Crippen molar-refractivity contribution in [3.8, 4) is 0 Å². The quantitative estimate of drug-likeness (QED) is 0.487. The highest BCUT2D eigenvalue weighted by Crippen LogP contribution is 2.05. The molecule has 0 saturated carbocycles. The van der Waals surface area contributed by atoms with Crippen LogP contribution in [0.25, 0.3) is 0 Å². The summed E-state index contributed by atoms with van der Waals surface area (Å²) < 4.78 is 0. The fourth-order valence-corrected chi connectivity index (χ4v) is 0.742. The summed E-state index contributed by atoms with van der Waals surface area (Å²) >= 11 is 0. The Labute approximate surface area is 54.1 Å². The lowest BCUT2D eigenvalue weighted by atomic mass is 10.1. The third kappa shape index (κ3) is 1.66. The Morgan fingerprint density at radius 2 is 2.00 bits per heavy atom. The summed E-state index contributed by atoms with van der Waals surface area (Å²) in [6.07, 6.45) is 6.18. The van der Waals surface area contributed by atoms with E-state index < -0.39 is 12.2 Å². The van der Waals surface area contributed by atoms with Crippen molar-refractivity contribution in [3.05, 3.63) is 24.3 Å². The van der Waals surface area contributed by atoms with Crippen molar-refractivity contribution >= 4 is 0 Å². The van der Waals surface area contributed by atoms with E-state index in [-0.39, 0.29) is 0 Å². The van der Waals surface area contributed by atoms with E-state index in [9.17, 15) is 0 Å². The molecular weight excluding hydrogens is 116 g/mol.